The van der Waals surface area contributed by atoms with Crippen molar-refractivity contribution in [2.45, 2.75) is 19.8 Å². The number of ketones is 1. The number of Topliss-reactive ketones (excluding diaryl/α,β-unsaturated/α-hetero) is 1. The summed E-state index contributed by atoms with van der Waals surface area (Å²) in [6, 6.07) is 16.4. The minimum Gasteiger partial charge on any atom is -0.355 e. The first-order chi connectivity index (χ1) is 11.5. The molecule has 5 heteroatoms. The van der Waals surface area contributed by atoms with Crippen molar-refractivity contribution in [1.82, 2.24) is 5.32 Å². The van der Waals surface area contributed by atoms with Gasteiger partial charge in [0.05, 0.1) is 0 Å². The van der Waals surface area contributed by atoms with Gasteiger partial charge in [-0.3, -0.25) is 14.4 Å². The van der Waals surface area contributed by atoms with E-state index in [1.807, 2.05) is 30.3 Å². The molecule has 2 aromatic carbocycles. The standard InChI is InChI=1S/C19H20N2O3/c1-14(22)16-8-5-9-17(12-16)21-19(24)13-18(23)20-11-10-15-6-3-2-4-7-15/h2-9,12H,10-11,13H2,1H3,(H,20,23)(H,21,24). The predicted octanol–water partition coefficient (Wildman–Crippen LogP) is 2.58. The van der Waals surface area contributed by atoms with Gasteiger partial charge in [0, 0.05) is 17.8 Å². The van der Waals surface area contributed by atoms with Gasteiger partial charge in [0.2, 0.25) is 11.8 Å². The van der Waals surface area contributed by atoms with Crippen molar-refractivity contribution in [3.8, 4) is 0 Å². The molecule has 0 saturated heterocycles. The molecule has 0 aliphatic heterocycles. The van der Waals surface area contributed by atoms with Crippen molar-refractivity contribution in [3.05, 3.63) is 65.7 Å². The van der Waals surface area contributed by atoms with Gasteiger partial charge in [-0.25, -0.2) is 0 Å². The molecule has 0 spiro atoms. The van der Waals surface area contributed by atoms with Gasteiger partial charge in [0.1, 0.15) is 6.42 Å². The van der Waals surface area contributed by atoms with Crippen LogP contribution >= 0.6 is 0 Å². The number of hydrogen-bond donors (Lipinski definition) is 2. The lowest BCUT2D eigenvalue weighted by Crippen LogP contribution is -2.29. The van der Waals surface area contributed by atoms with Crippen LogP contribution in [0, 0.1) is 0 Å². The van der Waals surface area contributed by atoms with Gasteiger partial charge in [-0.15, -0.1) is 0 Å². The summed E-state index contributed by atoms with van der Waals surface area (Å²) in [7, 11) is 0. The maximum atomic E-state index is 11.9. The topological polar surface area (TPSA) is 75.3 Å². The summed E-state index contributed by atoms with van der Waals surface area (Å²) in [5.41, 5.74) is 2.15. The number of carbonyl (C=O) groups excluding carboxylic acids is 3. The number of anilines is 1. The fraction of sp³-hybridized carbons (Fsp3) is 0.211. The second-order valence-electron chi connectivity index (χ2n) is 5.45. The number of benzene rings is 2. The van der Waals surface area contributed by atoms with Gasteiger partial charge in [-0.05, 0) is 31.0 Å². The Kier molecular flexibility index (Phi) is 6.25. The van der Waals surface area contributed by atoms with E-state index in [4.69, 9.17) is 0 Å². The lowest BCUT2D eigenvalue weighted by Gasteiger charge is -2.07. The molecule has 0 aliphatic carbocycles. The Morgan fingerprint density at radius 1 is 0.917 bits per heavy atom. The zero-order valence-corrected chi connectivity index (χ0v) is 13.5. The number of rotatable bonds is 7. The first kappa shape index (κ1) is 17.4. The first-order valence-electron chi connectivity index (χ1n) is 7.76. The SMILES string of the molecule is CC(=O)c1cccc(NC(=O)CC(=O)NCCc2ccccc2)c1. The van der Waals surface area contributed by atoms with Crippen LogP contribution in [0.15, 0.2) is 54.6 Å². The van der Waals surface area contributed by atoms with Crippen molar-refractivity contribution in [2.75, 3.05) is 11.9 Å². The number of nitrogens with one attached hydrogen (secondary N) is 2. The molecule has 124 valence electrons. The van der Waals surface area contributed by atoms with Crippen molar-refractivity contribution in [3.63, 3.8) is 0 Å². The van der Waals surface area contributed by atoms with Crippen LogP contribution in [0.4, 0.5) is 5.69 Å². The van der Waals surface area contributed by atoms with E-state index in [2.05, 4.69) is 10.6 Å². The summed E-state index contributed by atoms with van der Waals surface area (Å²) in [4.78, 5) is 35.0. The highest BCUT2D eigenvalue weighted by molar-refractivity contribution is 6.04. The average Bonchev–Trinajstić information content (AvgIpc) is 2.56. The summed E-state index contributed by atoms with van der Waals surface area (Å²) in [6.07, 6.45) is 0.466. The van der Waals surface area contributed by atoms with Crippen LogP contribution in [0.2, 0.25) is 0 Å². The zero-order valence-electron chi connectivity index (χ0n) is 13.5. The molecule has 2 rings (SSSR count). The fourth-order valence-corrected chi connectivity index (χ4v) is 2.22. The van der Waals surface area contributed by atoms with Crippen molar-refractivity contribution in [1.29, 1.82) is 0 Å². The van der Waals surface area contributed by atoms with Crippen LogP contribution in [0.3, 0.4) is 0 Å². The summed E-state index contributed by atoms with van der Waals surface area (Å²) in [6.45, 7) is 1.94. The molecule has 0 saturated carbocycles. The van der Waals surface area contributed by atoms with Crippen molar-refractivity contribution < 1.29 is 14.4 Å². The van der Waals surface area contributed by atoms with Crippen LogP contribution in [0.25, 0.3) is 0 Å². The maximum absolute atomic E-state index is 11.9. The van der Waals surface area contributed by atoms with E-state index >= 15 is 0 Å². The van der Waals surface area contributed by atoms with Gasteiger partial charge >= 0.3 is 0 Å². The number of hydrogen-bond acceptors (Lipinski definition) is 3. The highest BCUT2D eigenvalue weighted by Gasteiger charge is 2.10. The summed E-state index contributed by atoms with van der Waals surface area (Å²) >= 11 is 0. The number of amides is 2. The third-order valence-electron chi connectivity index (χ3n) is 3.45. The highest BCUT2D eigenvalue weighted by Crippen LogP contribution is 2.11. The molecule has 0 aliphatic rings. The van der Waals surface area contributed by atoms with E-state index in [9.17, 15) is 14.4 Å². The minimum atomic E-state index is -0.409. The van der Waals surface area contributed by atoms with Crippen molar-refractivity contribution >= 4 is 23.3 Å². The molecular weight excluding hydrogens is 304 g/mol. The second-order valence-corrected chi connectivity index (χ2v) is 5.45. The average molecular weight is 324 g/mol. The second kappa shape index (κ2) is 8.62. The predicted molar refractivity (Wildman–Crippen MR) is 92.8 cm³/mol. The molecule has 2 aromatic rings. The van der Waals surface area contributed by atoms with Crippen LogP contribution in [-0.2, 0) is 16.0 Å². The normalized spacial score (nSPS) is 10.0. The molecule has 0 heterocycles. The van der Waals surface area contributed by atoms with E-state index in [0.717, 1.165) is 12.0 Å². The Hall–Kier alpha value is -2.95. The zero-order chi connectivity index (χ0) is 17.4. The molecule has 0 radical (unpaired) electrons. The Balaban J connectivity index is 1.76. The molecular formula is C19H20N2O3. The van der Waals surface area contributed by atoms with Crippen LogP contribution in [0.5, 0.6) is 0 Å². The van der Waals surface area contributed by atoms with Gasteiger partial charge in [0.25, 0.3) is 0 Å². The quantitative estimate of drug-likeness (QED) is 0.607. The van der Waals surface area contributed by atoms with Crippen LogP contribution < -0.4 is 10.6 Å². The molecule has 0 atom stereocenters. The molecule has 0 bridgehead atoms. The Bertz CT molecular complexity index is 726. The molecule has 2 N–H and O–H groups in total. The van der Waals surface area contributed by atoms with Gasteiger partial charge in [-0.2, -0.15) is 0 Å². The molecule has 24 heavy (non-hydrogen) atoms. The number of carbonyl (C=O) groups is 3. The monoisotopic (exact) mass is 324 g/mol. The van der Waals surface area contributed by atoms with Gasteiger partial charge < -0.3 is 10.6 Å². The lowest BCUT2D eigenvalue weighted by atomic mass is 10.1. The van der Waals surface area contributed by atoms with E-state index in [1.54, 1.807) is 24.3 Å². The Labute approximate surface area is 141 Å². The third-order valence-corrected chi connectivity index (χ3v) is 3.45. The molecule has 0 unspecified atom stereocenters. The summed E-state index contributed by atoms with van der Waals surface area (Å²) in [5, 5.41) is 5.35. The van der Waals surface area contributed by atoms with Gasteiger partial charge in [-0.1, -0.05) is 42.5 Å². The smallest absolute Gasteiger partial charge is 0.233 e. The maximum Gasteiger partial charge on any atom is 0.233 e. The fourth-order valence-electron chi connectivity index (χ4n) is 2.22. The lowest BCUT2D eigenvalue weighted by molar-refractivity contribution is -0.126. The van der Waals surface area contributed by atoms with Crippen LogP contribution in [0.1, 0.15) is 29.3 Å². The Morgan fingerprint density at radius 2 is 1.67 bits per heavy atom. The molecule has 5 nitrogen and oxygen atoms in total. The molecule has 0 aromatic heterocycles. The van der Waals surface area contributed by atoms with Crippen molar-refractivity contribution in [2.24, 2.45) is 0 Å². The van der Waals surface area contributed by atoms with E-state index in [1.165, 1.54) is 6.92 Å². The van der Waals surface area contributed by atoms with Gasteiger partial charge in [0.15, 0.2) is 5.78 Å². The van der Waals surface area contributed by atoms with E-state index in [0.29, 0.717) is 17.8 Å². The molecule has 2 amide bonds. The molecule has 0 fully saturated rings. The summed E-state index contributed by atoms with van der Waals surface area (Å²) < 4.78 is 0. The Morgan fingerprint density at radius 3 is 2.38 bits per heavy atom. The third kappa shape index (κ3) is 5.68. The minimum absolute atomic E-state index is 0.0789. The summed E-state index contributed by atoms with van der Waals surface area (Å²) in [5.74, 6) is -0.816. The van der Waals surface area contributed by atoms with E-state index < -0.39 is 5.91 Å². The van der Waals surface area contributed by atoms with E-state index in [-0.39, 0.29) is 18.1 Å². The van der Waals surface area contributed by atoms with Crippen LogP contribution in [-0.4, -0.2) is 24.1 Å². The first-order valence-corrected chi connectivity index (χ1v) is 7.76. The highest BCUT2D eigenvalue weighted by atomic mass is 16.2. The largest absolute Gasteiger partial charge is 0.355 e.